The van der Waals surface area contributed by atoms with Gasteiger partial charge in [0.25, 0.3) is 11.8 Å². The van der Waals surface area contributed by atoms with E-state index in [0.717, 1.165) is 11.1 Å². The molecule has 2 atom stereocenters. The molecule has 0 aromatic heterocycles. The van der Waals surface area contributed by atoms with Crippen molar-refractivity contribution < 1.29 is 19.9 Å². The summed E-state index contributed by atoms with van der Waals surface area (Å²) >= 11 is 0. The first-order chi connectivity index (χ1) is 13.5. The molecule has 8 heteroatoms. The summed E-state index contributed by atoms with van der Waals surface area (Å²) in [4.78, 5) is 24.3. The Kier molecular flexibility index (Phi) is 8.57. The van der Waals surface area contributed by atoms with Crippen molar-refractivity contribution in [3.63, 3.8) is 0 Å². The molecular formula is C20H26N4O4. The number of amides is 2. The van der Waals surface area contributed by atoms with Gasteiger partial charge in [-0.25, -0.2) is 5.48 Å². The second-order valence-corrected chi connectivity index (χ2v) is 6.30. The van der Waals surface area contributed by atoms with Crippen LogP contribution in [-0.2, 0) is 4.79 Å². The normalized spacial score (nSPS) is 12.8. The number of nitrogens with two attached hydrogens (primary N) is 1. The van der Waals surface area contributed by atoms with Crippen molar-refractivity contribution >= 4 is 11.8 Å². The standard InChI is InChI=1S/C20H26N4O4/c21-12-4-7-18(25)22-13-17(20(27)24-28)23-19(26)16-10-8-15(9-11-16)14-5-2-1-3-6-14/h1-3,5-6,8-11,17-18,22,25,28H,4,7,12-13,21H2,(H,23,26)(H,24,27)/t17-,18-/m0/s1. The minimum atomic E-state index is -1.06. The van der Waals surface area contributed by atoms with Gasteiger partial charge in [-0.2, -0.15) is 0 Å². The van der Waals surface area contributed by atoms with Gasteiger partial charge in [-0.1, -0.05) is 42.5 Å². The smallest absolute Gasteiger partial charge is 0.267 e. The Bertz CT molecular complexity index is 753. The van der Waals surface area contributed by atoms with E-state index in [2.05, 4.69) is 10.6 Å². The third-order valence-electron chi connectivity index (χ3n) is 4.23. The second-order valence-electron chi connectivity index (χ2n) is 6.30. The molecule has 28 heavy (non-hydrogen) atoms. The van der Waals surface area contributed by atoms with Crippen molar-refractivity contribution in [3.8, 4) is 11.1 Å². The lowest BCUT2D eigenvalue weighted by Gasteiger charge is -2.20. The van der Waals surface area contributed by atoms with Gasteiger partial charge < -0.3 is 16.2 Å². The zero-order chi connectivity index (χ0) is 20.4. The molecule has 2 amide bonds. The summed E-state index contributed by atoms with van der Waals surface area (Å²) in [5, 5.41) is 24.0. The van der Waals surface area contributed by atoms with E-state index in [1.165, 1.54) is 5.48 Å². The number of aliphatic hydroxyl groups is 1. The fraction of sp³-hybridized carbons (Fsp3) is 0.300. The first-order valence-electron chi connectivity index (χ1n) is 9.07. The highest BCUT2D eigenvalue weighted by atomic mass is 16.5. The fourth-order valence-electron chi connectivity index (χ4n) is 2.64. The largest absolute Gasteiger partial charge is 0.379 e. The molecule has 0 aliphatic heterocycles. The first kappa shape index (κ1) is 21.5. The summed E-state index contributed by atoms with van der Waals surface area (Å²) in [6, 6.07) is 15.6. The number of benzene rings is 2. The molecule has 150 valence electrons. The van der Waals surface area contributed by atoms with Crippen LogP contribution in [0.15, 0.2) is 54.6 Å². The van der Waals surface area contributed by atoms with Crippen LogP contribution in [0.1, 0.15) is 23.2 Å². The molecule has 0 spiro atoms. The number of hydroxylamine groups is 1. The van der Waals surface area contributed by atoms with Gasteiger partial charge in [0, 0.05) is 12.1 Å². The summed E-state index contributed by atoms with van der Waals surface area (Å²) in [7, 11) is 0. The van der Waals surface area contributed by atoms with E-state index in [1.54, 1.807) is 12.1 Å². The number of nitrogens with one attached hydrogen (secondary N) is 3. The molecule has 0 heterocycles. The number of hydrogen-bond donors (Lipinski definition) is 6. The maximum absolute atomic E-state index is 12.5. The highest BCUT2D eigenvalue weighted by molar-refractivity contribution is 5.97. The van der Waals surface area contributed by atoms with E-state index < -0.39 is 24.1 Å². The molecule has 8 nitrogen and oxygen atoms in total. The van der Waals surface area contributed by atoms with Gasteiger partial charge >= 0.3 is 0 Å². The van der Waals surface area contributed by atoms with Crippen LogP contribution in [0.4, 0.5) is 0 Å². The van der Waals surface area contributed by atoms with E-state index in [-0.39, 0.29) is 6.54 Å². The zero-order valence-electron chi connectivity index (χ0n) is 15.5. The summed E-state index contributed by atoms with van der Waals surface area (Å²) in [6.07, 6.45) is 0.170. The highest BCUT2D eigenvalue weighted by Gasteiger charge is 2.22. The SMILES string of the molecule is NCCC[C@H](O)NC[C@H](NC(=O)c1ccc(-c2ccccc2)cc1)C(=O)NO. The summed E-state index contributed by atoms with van der Waals surface area (Å²) < 4.78 is 0. The monoisotopic (exact) mass is 386 g/mol. The predicted octanol–water partition coefficient (Wildman–Crippen LogP) is 0.604. The van der Waals surface area contributed by atoms with Crippen LogP contribution in [0, 0.1) is 0 Å². The Labute approximate surface area is 163 Å². The maximum atomic E-state index is 12.5. The summed E-state index contributed by atoms with van der Waals surface area (Å²) in [5.74, 6) is -1.25. The van der Waals surface area contributed by atoms with E-state index in [9.17, 15) is 14.7 Å². The Morgan fingerprint density at radius 2 is 1.64 bits per heavy atom. The van der Waals surface area contributed by atoms with Gasteiger partial charge in [-0.05, 0) is 42.6 Å². The molecule has 0 saturated carbocycles. The first-order valence-corrected chi connectivity index (χ1v) is 9.07. The van der Waals surface area contributed by atoms with Crippen molar-refractivity contribution in [2.75, 3.05) is 13.1 Å². The predicted molar refractivity (Wildman–Crippen MR) is 105 cm³/mol. The van der Waals surface area contributed by atoms with Gasteiger partial charge in [-0.15, -0.1) is 0 Å². The van der Waals surface area contributed by atoms with Crippen LogP contribution in [-0.4, -0.2) is 47.5 Å². The Balaban J connectivity index is 1.99. The average molecular weight is 386 g/mol. The van der Waals surface area contributed by atoms with Gasteiger partial charge in [0.1, 0.15) is 12.3 Å². The molecular weight excluding hydrogens is 360 g/mol. The van der Waals surface area contributed by atoms with Crippen molar-refractivity contribution in [1.29, 1.82) is 0 Å². The average Bonchev–Trinajstić information content (AvgIpc) is 2.75. The van der Waals surface area contributed by atoms with E-state index in [0.29, 0.717) is 24.9 Å². The van der Waals surface area contributed by atoms with Gasteiger partial charge in [0.15, 0.2) is 0 Å². The lowest BCUT2D eigenvalue weighted by molar-refractivity contribution is -0.131. The van der Waals surface area contributed by atoms with Crippen LogP contribution < -0.4 is 21.8 Å². The van der Waals surface area contributed by atoms with E-state index >= 15 is 0 Å². The minimum Gasteiger partial charge on any atom is -0.379 e. The van der Waals surface area contributed by atoms with Crippen molar-refractivity contribution in [1.82, 2.24) is 16.1 Å². The van der Waals surface area contributed by atoms with Crippen LogP contribution in [0.2, 0.25) is 0 Å². The molecule has 0 unspecified atom stereocenters. The number of carbonyl (C=O) groups is 2. The molecule has 0 aliphatic rings. The Hall–Kier alpha value is -2.78. The second kappa shape index (κ2) is 11.2. The molecule has 0 radical (unpaired) electrons. The molecule has 0 aliphatic carbocycles. The number of hydrogen-bond acceptors (Lipinski definition) is 6. The van der Waals surface area contributed by atoms with Gasteiger partial charge in [0.05, 0.1) is 0 Å². The number of carbonyl (C=O) groups excluding carboxylic acids is 2. The highest BCUT2D eigenvalue weighted by Crippen LogP contribution is 2.19. The third-order valence-corrected chi connectivity index (χ3v) is 4.23. The van der Waals surface area contributed by atoms with Gasteiger partial charge in [-0.3, -0.25) is 20.1 Å². The van der Waals surface area contributed by atoms with Gasteiger partial charge in [0.2, 0.25) is 0 Å². The van der Waals surface area contributed by atoms with Crippen LogP contribution >= 0.6 is 0 Å². The number of rotatable bonds is 10. The minimum absolute atomic E-state index is 0.0496. The number of aliphatic hydroxyl groups excluding tert-OH is 1. The van der Waals surface area contributed by atoms with E-state index in [1.807, 2.05) is 42.5 Å². The van der Waals surface area contributed by atoms with Crippen molar-refractivity contribution in [2.45, 2.75) is 25.1 Å². The Morgan fingerprint density at radius 1 is 1.00 bits per heavy atom. The zero-order valence-corrected chi connectivity index (χ0v) is 15.5. The maximum Gasteiger partial charge on any atom is 0.267 e. The summed E-state index contributed by atoms with van der Waals surface area (Å²) in [5.41, 5.74) is 9.28. The molecule has 2 rings (SSSR count). The third kappa shape index (κ3) is 6.43. The topological polar surface area (TPSA) is 137 Å². The summed E-state index contributed by atoms with van der Waals surface area (Å²) in [6.45, 7) is 0.390. The van der Waals surface area contributed by atoms with Crippen molar-refractivity contribution in [2.24, 2.45) is 5.73 Å². The van der Waals surface area contributed by atoms with Crippen LogP contribution in [0.5, 0.6) is 0 Å². The van der Waals surface area contributed by atoms with Crippen LogP contribution in [0.3, 0.4) is 0 Å². The molecule has 7 N–H and O–H groups in total. The van der Waals surface area contributed by atoms with E-state index in [4.69, 9.17) is 10.9 Å². The van der Waals surface area contributed by atoms with Crippen LogP contribution in [0.25, 0.3) is 11.1 Å². The molecule has 2 aromatic rings. The quantitative estimate of drug-likeness (QED) is 0.201. The fourth-order valence-corrected chi connectivity index (χ4v) is 2.64. The lowest BCUT2D eigenvalue weighted by Crippen LogP contribution is -2.52. The molecule has 2 aromatic carbocycles. The molecule has 0 bridgehead atoms. The molecule has 0 fully saturated rings. The lowest BCUT2D eigenvalue weighted by atomic mass is 10.0. The Morgan fingerprint density at radius 3 is 2.25 bits per heavy atom. The van der Waals surface area contributed by atoms with Crippen molar-refractivity contribution in [3.05, 3.63) is 60.2 Å². The molecule has 0 saturated heterocycles.